The van der Waals surface area contributed by atoms with E-state index in [2.05, 4.69) is 14.2 Å². The minimum Gasteiger partial charge on any atom is -0.750 e. The van der Waals surface area contributed by atoms with Crippen LogP contribution in [0.15, 0.2) is 0 Å². The zero-order valence-electron chi connectivity index (χ0n) is 8.19. The maximum atomic E-state index is 11.4. The number of methoxy groups -OCH3 is 1. The van der Waals surface area contributed by atoms with Gasteiger partial charge >= 0.3 is 5.97 Å². The standard InChI is InChI=1S/C7H13NO5S.ClH/c1-12-6(9)7(13-14(10)11)2-4-8-5-3-7;/h8H,2-5H2,1H3,(H,10,11);1H/p-1. The van der Waals surface area contributed by atoms with Gasteiger partial charge in [-0.1, -0.05) is 0 Å². The number of esters is 1. The number of carbonyl (C=O) groups is 1. The van der Waals surface area contributed by atoms with Crippen LogP contribution in [0.1, 0.15) is 12.8 Å². The Bertz CT molecular complexity index is 244. The van der Waals surface area contributed by atoms with Gasteiger partial charge < -0.3 is 14.6 Å². The lowest BCUT2D eigenvalue weighted by molar-refractivity contribution is -0.161. The zero-order chi connectivity index (χ0) is 10.6. The fourth-order valence-corrected chi connectivity index (χ4v) is 1.96. The molecule has 0 spiro atoms. The van der Waals surface area contributed by atoms with Gasteiger partial charge in [-0.25, -0.2) is 9.00 Å². The quantitative estimate of drug-likeness (QED) is 0.543. The highest BCUT2D eigenvalue weighted by molar-refractivity contribution is 7.74. The Morgan fingerprint density at radius 1 is 1.47 bits per heavy atom. The van der Waals surface area contributed by atoms with Gasteiger partial charge in [0, 0.05) is 12.8 Å². The number of halogens is 1. The fourth-order valence-electron chi connectivity index (χ4n) is 1.47. The molecule has 1 N–H and O–H groups in total. The van der Waals surface area contributed by atoms with E-state index in [1.54, 1.807) is 0 Å². The van der Waals surface area contributed by atoms with E-state index in [9.17, 15) is 13.6 Å². The second kappa shape index (κ2) is 6.39. The van der Waals surface area contributed by atoms with Crippen molar-refractivity contribution in [1.82, 2.24) is 5.32 Å². The molecule has 1 heterocycles. The molecule has 6 nitrogen and oxygen atoms in total. The SMILES string of the molecule is COC(=O)C1(OS(=O)[O-])CCNCC1.Cl. The summed E-state index contributed by atoms with van der Waals surface area (Å²) in [6.07, 6.45) is 0.599. The lowest BCUT2D eigenvalue weighted by Gasteiger charge is -2.34. The summed E-state index contributed by atoms with van der Waals surface area (Å²) in [4.78, 5) is 11.4. The Balaban J connectivity index is 0.00000196. The molecule has 90 valence electrons. The minimum atomic E-state index is -2.70. The molecule has 1 atom stereocenters. The lowest BCUT2D eigenvalue weighted by atomic mass is 9.93. The lowest BCUT2D eigenvalue weighted by Crippen LogP contribution is -2.50. The van der Waals surface area contributed by atoms with Crippen molar-refractivity contribution in [1.29, 1.82) is 0 Å². The molecule has 1 rings (SSSR count). The average Bonchev–Trinajstić information content (AvgIpc) is 2.17. The van der Waals surface area contributed by atoms with E-state index in [1.807, 2.05) is 0 Å². The first kappa shape index (κ1) is 14.8. The second-order valence-corrected chi connectivity index (χ2v) is 3.60. The van der Waals surface area contributed by atoms with Crippen molar-refractivity contribution in [3.05, 3.63) is 0 Å². The molecule has 0 aliphatic carbocycles. The van der Waals surface area contributed by atoms with E-state index >= 15 is 0 Å². The Morgan fingerprint density at radius 2 is 2.00 bits per heavy atom. The van der Waals surface area contributed by atoms with Crippen LogP contribution in [-0.2, 0) is 25.1 Å². The van der Waals surface area contributed by atoms with Crippen molar-refractivity contribution < 1.29 is 22.5 Å². The Hall–Kier alpha value is -0.210. The highest BCUT2D eigenvalue weighted by atomic mass is 35.5. The monoisotopic (exact) mass is 258 g/mol. The highest BCUT2D eigenvalue weighted by Gasteiger charge is 2.42. The molecule has 0 radical (unpaired) electrons. The van der Waals surface area contributed by atoms with Crippen LogP contribution in [0.4, 0.5) is 0 Å². The average molecular weight is 259 g/mol. The molecule has 1 unspecified atom stereocenters. The molecule has 0 aromatic carbocycles. The van der Waals surface area contributed by atoms with Crippen LogP contribution < -0.4 is 5.32 Å². The summed E-state index contributed by atoms with van der Waals surface area (Å²) in [5.74, 6) is -0.636. The molecule has 1 aliphatic rings. The maximum Gasteiger partial charge on any atom is 0.339 e. The maximum absolute atomic E-state index is 11.4. The Labute approximate surface area is 96.6 Å². The van der Waals surface area contributed by atoms with E-state index in [1.165, 1.54) is 7.11 Å². The number of hydrogen-bond donors (Lipinski definition) is 1. The predicted molar refractivity (Wildman–Crippen MR) is 54.1 cm³/mol. The van der Waals surface area contributed by atoms with Crippen LogP contribution in [0, 0.1) is 0 Å². The summed E-state index contributed by atoms with van der Waals surface area (Å²) in [5, 5.41) is 3.00. The van der Waals surface area contributed by atoms with Gasteiger partial charge in [0.15, 0.2) is 5.60 Å². The smallest absolute Gasteiger partial charge is 0.339 e. The molecular formula is C7H13ClNO5S-. The van der Waals surface area contributed by atoms with Gasteiger partial charge in [0.05, 0.1) is 18.5 Å². The summed E-state index contributed by atoms with van der Waals surface area (Å²) in [7, 11) is 1.21. The van der Waals surface area contributed by atoms with Gasteiger partial charge in [-0.2, -0.15) is 0 Å². The van der Waals surface area contributed by atoms with Crippen LogP contribution in [0.5, 0.6) is 0 Å². The second-order valence-electron chi connectivity index (χ2n) is 3.02. The summed E-state index contributed by atoms with van der Waals surface area (Å²) < 4.78 is 30.0. The van der Waals surface area contributed by atoms with Crippen LogP contribution >= 0.6 is 12.4 Å². The highest BCUT2D eigenvalue weighted by Crippen LogP contribution is 2.25. The molecule has 1 fully saturated rings. The van der Waals surface area contributed by atoms with Crippen LogP contribution in [0.3, 0.4) is 0 Å². The van der Waals surface area contributed by atoms with E-state index in [0.717, 1.165) is 0 Å². The molecule has 8 heteroatoms. The number of ether oxygens (including phenoxy) is 1. The van der Waals surface area contributed by atoms with E-state index in [4.69, 9.17) is 0 Å². The Morgan fingerprint density at radius 3 is 2.40 bits per heavy atom. The van der Waals surface area contributed by atoms with Crippen molar-refractivity contribution in [3.63, 3.8) is 0 Å². The van der Waals surface area contributed by atoms with Gasteiger partial charge in [-0.15, -0.1) is 12.4 Å². The molecular weight excluding hydrogens is 246 g/mol. The number of rotatable bonds is 3. The van der Waals surface area contributed by atoms with Crippen LogP contribution in [0.2, 0.25) is 0 Å². The first-order valence-corrected chi connectivity index (χ1v) is 5.18. The number of carbonyl (C=O) groups excluding carboxylic acids is 1. The summed E-state index contributed by atoms with van der Waals surface area (Å²) in [6, 6.07) is 0. The van der Waals surface area contributed by atoms with Gasteiger partial charge in [0.1, 0.15) is 0 Å². The largest absolute Gasteiger partial charge is 0.750 e. The summed E-state index contributed by atoms with van der Waals surface area (Å²) in [5.41, 5.74) is -1.33. The Kier molecular flexibility index (Phi) is 6.30. The molecule has 0 bridgehead atoms. The third-order valence-electron chi connectivity index (χ3n) is 2.20. The first-order chi connectivity index (χ1) is 6.60. The summed E-state index contributed by atoms with van der Waals surface area (Å²) in [6.45, 7) is 1.07. The third kappa shape index (κ3) is 3.69. The van der Waals surface area contributed by atoms with E-state index in [-0.39, 0.29) is 12.4 Å². The molecule has 0 aromatic rings. The van der Waals surface area contributed by atoms with Crippen molar-refractivity contribution in [2.24, 2.45) is 0 Å². The number of nitrogens with one attached hydrogen (secondary N) is 1. The minimum absolute atomic E-state index is 0. The number of piperidine rings is 1. The first-order valence-electron chi connectivity index (χ1n) is 4.18. The van der Waals surface area contributed by atoms with Crippen LogP contribution in [0.25, 0.3) is 0 Å². The van der Waals surface area contributed by atoms with Gasteiger partial charge in [-0.05, 0) is 13.1 Å². The van der Waals surface area contributed by atoms with Crippen molar-refractivity contribution in [2.45, 2.75) is 18.4 Å². The van der Waals surface area contributed by atoms with Crippen molar-refractivity contribution in [2.75, 3.05) is 20.2 Å². The van der Waals surface area contributed by atoms with Gasteiger partial charge in [-0.3, -0.25) is 4.18 Å². The number of hydrogen-bond acceptors (Lipinski definition) is 6. The molecule has 1 aliphatic heterocycles. The van der Waals surface area contributed by atoms with Crippen molar-refractivity contribution >= 4 is 29.7 Å². The van der Waals surface area contributed by atoms with E-state index in [0.29, 0.717) is 25.9 Å². The van der Waals surface area contributed by atoms with Crippen LogP contribution in [-0.4, -0.2) is 40.5 Å². The zero-order valence-corrected chi connectivity index (χ0v) is 9.82. The third-order valence-corrected chi connectivity index (χ3v) is 2.65. The fraction of sp³-hybridized carbons (Fsp3) is 0.857. The molecule has 0 aromatic heterocycles. The topological polar surface area (TPSA) is 87.7 Å². The molecule has 1 saturated heterocycles. The van der Waals surface area contributed by atoms with E-state index < -0.39 is 22.9 Å². The normalized spacial score (nSPS) is 21.2. The predicted octanol–water partition coefficient (Wildman–Crippen LogP) is -0.486. The molecule has 15 heavy (non-hydrogen) atoms. The van der Waals surface area contributed by atoms with Gasteiger partial charge in [0.2, 0.25) is 0 Å². The summed E-state index contributed by atoms with van der Waals surface area (Å²) >= 11 is -2.70. The van der Waals surface area contributed by atoms with Crippen molar-refractivity contribution in [3.8, 4) is 0 Å². The molecule has 0 amide bonds. The molecule has 0 saturated carbocycles. The van der Waals surface area contributed by atoms with Gasteiger partial charge in [0.25, 0.3) is 0 Å².